The second-order valence-electron chi connectivity index (χ2n) is 10.4. The summed E-state index contributed by atoms with van der Waals surface area (Å²) in [7, 11) is 0. The number of unbranched alkanes of at least 4 members (excludes halogenated alkanes) is 1. The van der Waals surface area contributed by atoms with Gasteiger partial charge in [0.1, 0.15) is 17.9 Å². The molecule has 3 unspecified atom stereocenters. The molecular weight excluding hydrogens is 566 g/mol. The van der Waals surface area contributed by atoms with Gasteiger partial charge in [0.05, 0.1) is 0 Å². The normalized spacial score (nSPS) is 12.6. The maximum atomic E-state index is 12.2. The largest absolute Gasteiger partial charge is 0.480 e. The Kier molecular flexibility index (Phi) is 20.4. The average Bonchev–Trinajstić information content (AvgIpc) is 2.92. The number of Topliss-reactive ketones (excluding diaryl/α,β-unsaturated/α-hetero) is 1. The molecule has 15 heteroatoms. The van der Waals surface area contributed by atoms with Crippen LogP contribution in [0.5, 0.6) is 0 Å². The van der Waals surface area contributed by atoms with Crippen LogP contribution in [0, 0.1) is 5.92 Å². The molecule has 0 aromatic carbocycles. The summed E-state index contributed by atoms with van der Waals surface area (Å²) in [5.41, 5.74) is 0. The molecule has 0 rings (SSSR count). The minimum Gasteiger partial charge on any atom is -0.480 e. The number of carboxylic acids is 2. The van der Waals surface area contributed by atoms with Crippen molar-refractivity contribution in [3.63, 3.8) is 0 Å². The van der Waals surface area contributed by atoms with Gasteiger partial charge in [-0.05, 0) is 45.4 Å². The molecule has 43 heavy (non-hydrogen) atoms. The van der Waals surface area contributed by atoms with Gasteiger partial charge in [0.2, 0.25) is 29.5 Å². The fraction of sp³-hybridized carbons (Fsp3) is 0.714. The van der Waals surface area contributed by atoms with E-state index in [-0.39, 0.29) is 81.6 Å². The van der Waals surface area contributed by atoms with Gasteiger partial charge in [-0.3, -0.25) is 28.8 Å². The predicted molar refractivity (Wildman–Crippen MR) is 154 cm³/mol. The Bertz CT molecular complexity index is 972. The predicted octanol–water partition coefficient (Wildman–Crippen LogP) is 0.00990. The second kappa shape index (κ2) is 22.5. The fourth-order valence-corrected chi connectivity index (χ4v) is 3.77. The van der Waals surface area contributed by atoms with E-state index in [4.69, 9.17) is 0 Å². The van der Waals surface area contributed by atoms with Gasteiger partial charge >= 0.3 is 11.9 Å². The van der Waals surface area contributed by atoms with Gasteiger partial charge in [-0.2, -0.15) is 0 Å². The topological polar surface area (TPSA) is 237 Å². The monoisotopic (exact) mass is 613 g/mol. The molecular formula is C28H47N5O10. The molecule has 0 saturated carbocycles. The van der Waals surface area contributed by atoms with E-state index in [1.54, 1.807) is 0 Å². The smallest absolute Gasteiger partial charge is 0.326 e. The van der Waals surface area contributed by atoms with Crippen molar-refractivity contribution in [2.45, 2.75) is 103 Å². The SMILES string of the molecule is CC(=O)NCCCC(=O)NC(CCC(=O)NCCCC(=O)NC(CCC(=O)NCCCCC(C)C(C)=O)C(=O)O)C(=O)O. The molecule has 3 atom stereocenters. The summed E-state index contributed by atoms with van der Waals surface area (Å²) < 4.78 is 0. The third kappa shape index (κ3) is 21.3. The van der Waals surface area contributed by atoms with Gasteiger partial charge in [0.15, 0.2) is 0 Å². The summed E-state index contributed by atoms with van der Waals surface area (Å²) in [5.74, 6) is -4.61. The van der Waals surface area contributed by atoms with Gasteiger partial charge in [-0.15, -0.1) is 0 Å². The highest BCUT2D eigenvalue weighted by Gasteiger charge is 2.22. The number of aliphatic carboxylic acids is 2. The van der Waals surface area contributed by atoms with Crippen LogP contribution in [0.1, 0.15) is 91.4 Å². The van der Waals surface area contributed by atoms with E-state index in [2.05, 4.69) is 26.6 Å². The molecule has 0 spiro atoms. The maximum Gasteiger partial charge on any atom is 0.326 e. The highest BCUT2D eigenvalue weighted by atomic mass is 16.4. The molecule has 0 aliphatic rings. The van der Waals surface area contributed by atoms with E-state index < -0.39 is 41.7 Å². The summed E-state index contributed by atoms with van der Waals surface area (Å²) in [6, 6.07) is -2.51. The van der Waals surface area contributed by atoms with Crippen LogP contribution < -0.4 is 26.6 Å². The van der Waals surface area contributed by atoms with Crippen LogP contribution in [-0.4, -0.2) is 89.2 Å². The van der Waals surface area contributed by atoms with Crippen LogP contribution in [-0.2, 0) is 38.4 Å². The summed E-state index contributed by atoms with van der Waals surface area (Å²) in [6.45, 7) is 5.50. The van der Waals surface area contributed by atoms with E-state index in [0.717, 1.165) is 12.8 Å². The quantitative estimate of drug-likeness (QED) is 0.0720. The Morgan fingerprint density at radius 1 is 0.535 bits per heavy atom. The first-order chi connectivity index (χ1) is 20.2. The Morgan fingerprint density at radius 2 is 0.953 bits per heavy atom. The van der Waals surface area contributed by atoms with Crippen molar-refractivity contribution < 1.29 is 48.6 Å². The minimum atomic E-state index is -1.29. The molecule has 7 N–H and O–H groups in total. The van der Waals surface area contributed by atoms with Crippen LogP contribution >= 0.6 is 0 Å². The number of carbonyl (C=O) groups excluding carboxylic acids is 6. The average molecular weight is 614 g/mol. The van der Waals surface area contributed by atoms with Crippen molar-refractivity contribution in [1.82, 2.24) is 26.6 Å². The first-order valence-electron chi connectivity index (χ1n) is 14.6. The summed E-state index contributed by atoms with van der Waals surface area (Å²) in [6.07, 6.45) is 2.14. The number of ketones is 1. The molecule has 0 aromatic rings. The molecule has 244 valence electrons. The fourth-order valence-electron chi connectivity index (χ4n) is 3.77. The zero-order valence-electron chi connectivity index (χ0n) is 25.3. The third-order valence-electron chi connectivity index (χ3n) is 6.52. The molecule has 0 bridgehead atoms. The number of amides is 5. The number of rotatable bonds is 24. The minimum absolute atomic E-state index is 0.0116. The first kappa shape index (κ1) is 39.0. The van der Waals surface area contributed by atoms with Crippen molar-refractivity contribution in [1.29, 1.82) is 0 Å². The van der Waals surface area contributed by atoms with Crippen LogP contribution in [0.2, 0.25) is 0 Å². The number of nitrogens with one attached hydrogen (secondary N) is 5. The Hall–Kier alpha value is -4.04. The summed E-state index contributed by atoms with van der Waals surface area (Å²) >= 11 is 0. The van der Waals surface area contributed by atoms with Gasteiger partial charge in [-0.25, -0.2) is 9.59 Å². The lowest BCUT2D eigenvalue weighted by Crippen LogP contribution is -2.42. The number of hydrogen-bond donors (Lipinski definition) is 7. The summed E-state index contributed by atoms with van der Waals surface area (Å²) in [4.78, 5) is 93.2. The standard InChI is InChI=1S/C28H47N5O10/c1-18(19(2)34)8-4-5-15-30-23(36)13-11-21(27(40)41)33-26(39)10-7-17-31-24(37)14-12-22(28(42)43)32-25(38)9-6-16-29-20(3)35/h18,21-22H,4-17H2,1-3H3,(H,29,35)(H,30,36)(H,31,37)(H,32,38)(H,33,39)(H,40,41)(H,42,43). The number of carboxylic acid groups (broad SMARTS) is 2. The van der Waals surface area contributed by atoms with E-state index in [1.807, 2.05) is 6.92 Å². The molecule has 0 aliphatic heterocycles. The van der Waals surface area contributed by atoms with Crippen molar-refractivity contribution in [2.24, 2.45) is 5.92 Å². The highest BCUT2D eigenvalue weighted by molar-refractivity contribution is 5.85. The van der Waals surface area contributed by atoms with Crippen LogP contribution in [0.4, 0.5) is 0 Å². The lowest BCUT2D eigenvalue weighted by Gasteiger charge is -2.15. The Labute approximate surface area is 251 Å². The maximum absolute atomic E-state index is 12.2. The Balaban J connectivity index is 4.24. The first-order valence-corrected chi connectivity index (χ1v) is 14.6. The number of carbonyl (C=O) groups is 8. The molecule has 0 heterocycles. The molecule has 0 radical (unpaired) electrons. The van der Waals surface area contributed by atoms with Crippen molar-refractivity contribution >= 4 is 47.3 Å². The molecule has 0 aromatic heterocycles. The highest BCUT2D eigenvalue weighted by Crippen LogP contribution is 2.08. The van der Waals surface area contributed by atoms with E-state index >= 15 is 0 Å². The van der Waals surface area contributed by atoms with Gasteiger partial charge in [0, 0.05) is 58.2 Å². The van der Waals surface area contributed by atoms with Crippen LogP contribution in [0.15, 0.2) is 0 Å². The molecule has 5 amide bonds. The van der Waals surface area contributed by atoms with Gasteiger partial charge < -0.3 is 36.8 Å². The van der Waals surface area contributed by atoms with Gasteiger partial charge in [-0.1, -0.05) is 13.3 Å². The number of hydrogen-bond acceptors (Lipinski definition) is 8. The van der Waals surface area contributed by atoms with E-state index in [0.29, 0.717) is 19.4 Å². The van der Waals surface area contributed by atoms with Crippen LogP contribution in [0.3, 0.4) is 0 Å². The van der Waals surface area contributed by atoms with Crippen molar-refractivity contribution in [3.8, 4) is 0 Å². The summed E-state index contributed by atoms with van der Waals surface area (Å²) in [5, 5.41) is 31.2. The van der Waals surface area contributed by atoms with Crippen molar-refractivity contribution in [2.75, 3.05) is 19.6 Å². The van der Waals surface area contributed by atoms with Crippen molar-refractivity contribution in [3.05, 3.63) is 0 Å². The van der Waals surface area contributed by atoms with E-state index in [1.165, 1.54) is 13.8 Å². The Morgan fingerprint density at radius 3 is 1.35 bits per heavy atom. The second-order valence-corrected chi connectivity index (χ2v) is 10.4. The molecule has 0 fully saturated rings. The molecule has 0 saturated heterocycles. The van der Waals surface area contributed by atoms with Crippen LogP contribution in [0.25, 0.3) is 0 Å². The zero-order chi connectivity index (χ0) is 32.8. The lowest BCUT2D eigenvalue weighted by molar-refractivity contribution is -0.142. The molecule has 15 nitrogen and oxygen atoms in total. The van der Waals surface area contributed by atoms with E-state index in [9.17, 15) is 48.6 Å². The zero-order valence-corrected chi connectivity index (χ0v) is 25.3. The molecule has 0 aliphatic carbocycles. The third-order valence-corrected chi connectivity index (χ3v) is 6.52. The van der Waals surface area contributed by atoms with Gasteiger partial charge in [0.25, 0.3) is 0 Å². The lowest BCUT2D eigenvalue weighted by atomic mass is 10.0.